The second kappa shape index (κ2) is 3.97. The minimum Gasteiger partial charge on any atom is -0.326 e. The van der Waals surface area contributed by atoms with Gasteiger partial charge < -0.3 is 5.73 Å². The second-order valence-electron chi connectivity index (χ2n) is 5.58. The van der Waals surface area contributed by atoms with Crippen LogP contribution in [0.1, 0.15) is 40.5 Å². The molecule has 0 aromatic carbocycles. The smallest absolute Gasteiger partial charge is 0.0219 e. The van der Waals surface area contributed by atoms with Crippen molar-refractivity contribution < 1.29 is 0 Å². The summed E-state index contributed by atoms with van der Waals surface area (Å²) in [4.78, 5) is 2.54. The Kier molecular flexibility index (Phi) is 3.36. The van der Waals surface area contributed by atoms with Gasteiger partial charge in [-0.25, -0.2) is 0 Å². The zero-order chi connectivity index (χ0) is 10.1. The highest BCUT2D eigenvalue weighted by molar-refractivity contribution is 4.85. The van der Waals surface area contributed by atoms with Crippen molar-refractivity contribution in [3.05, 3.63) is 0 Å². The van der Waals surface area contributed by atoms with Crippen molar-refractivity contribution in [3.8, 4) is 0 Å². The standard InChI is InChI=1S/C11H24N2/c1-9-10(12)6-5-7-13(9)8-11(2,3)4/h9-10H,5-8,12H2,1-4H3/t9-,10-/m1/s1. The summed E-state index contributed by atoms with van der Waals surface area (Å²) >= 11 is 0. The fourth-order valence-corrected chi connectivity index (χ4v) is 2.08. The first-order chi connectivity index (χ1) is 5.90. The van der Waals surface area contributed by atoms with E-state index in [9.17, 15) is 0 Å². The van der Waals surface area contributed by atoms with Gasteiger partial charge in [-0.1, -0.05) is 20.8 Å². The van der Waals surface area contributed by atoms with Crippen molar-refractivity contribution in [3.63, 3.8) is 0 Å². The maximum atomic E-state index is 6.05. The van der Waals surface area contributed by atoms with Crippen LogP contribution in [0.4, 0.5) is 0 Å². The average Bonchev–Trinajstić information content (AvgIpc) is 1.96. The predicted octanol–water partition coefficient (Wildman–Crippen LogP) is 1.84. The molecule has 78 valence electrons. The third-order valence-corrected chi connectivity index (χ3v) is 2.86. The topological polar surface area (TPSA) is 29.3 Å². The van der Waals surface area contributed by atoms with Crippen LogP contribution in [-0.2, 0) is 0 Å². The van der Waals surface area contributed by atoms with Crippen LogP contribution in [0.25, 0.3) is 0 Å². The molecule has 0 aromatic rings. The third kappa shape index (κ3) is 3.28. The number of hydrogen-bond donors (Lipinski definition) is 1. The molecule has 0 spiro atoms. The molecule has 1 saturated heterocycles. The number of likely N-dealkylation sites (tertiary alicyclic amines) is 1. The van der Waals surface area contributed by atoms with Gasteiger partial charge in [0.25, 0.3) is 0 Å². The number of nitrogens with zero attached hydrogens (tertiary/aromatic N) is 1. The van der Waals surface area contributed by atoms with Crippen molar-refractivity contribution in [1.82, 2.24) is 4.90 Å². The SMILES string of the molecule is C[C@@H]1[C@H](N)CCCN1CC(C)(C)C. The van der Waals surface area contributed by atoms with Crippen molar-refractivity contribution >= 4 is 0 Å². The van der Waals surface area contributed by atoms with Crippen molar-refractivity contribution in [2.24, 2.45) is 11.1 Å². The van der Waals surface area contributed by atoms with Crippen LogP contribution in [0.5, 0.6) is 0 Å². The first-order valence-electron chi connectivity index (χ1n) is 5.40. The lowest BCUT2D eigenvalue weighted by Crippen LogP contribution is -2.52. The predicted molar refractivity (Wildman–Crippen MR) is 57.7 cm³/mol. The van der Waals surface area contributed by atoms with E-state index in [4.69, 9.17) is 5.73 Å². The zero-order valence-corrected chi connectivity index (χ0v) is 9.51. The maximum absolute atomic E-state index is 6.05. The molecule has 0 saturated carbocycles. The molecule has 0 unspecified atom stereocenters. The second-order valence-corrected chi connectivity index (χ2v) is 5.58. The molecule has 1 aliphatic rings. The number of piperidine rings is 1. The summed E-state index contributed by atoms with van der Waals surface area (Å²) in [6, 6.07) is 0.948. The highest BCUT2D eigenvalue weighted by Crippen LogP contribution is 2.22. The van der Waals surface area contributed by atoms with Gasteiger partial charge in [0.15, 0.2) is 0 Å². The zero-order valence-electron chi connectivity index (χ0n) is 9.51. The molecule has 2 heteroatoms. The summed E-state index contributed by atoms with van der Waals surface area (Å²) in [7, 11) is 0. The molecule has 0 aromatic heterocycles. The molecule has 13 heavy (non-hydrogen) atoms. The van der Waals surface area contributed by atoms with Gasteiger partial charge in [-0.05, 0) is 31.7 Å². The van der Waals surface area contributed by atoms with Gasteiger partial charge in [0.1, 0.15) is 0 Å². The minimum absolute atomic E-state index is 0.385. The molecule has 0 bridgehead atoms. The molecule has 2 N–H and O–H groups in total. The van der Waals surface area contributed by atoms with Crippen molar-refractivity contribution in [1.29, 1.82) is 0 Å². The molecule has 0 radical (unpaired) electrons. The Balaban J connectivity index is 2.49. The third-order valence-electron chi connectivity index (χ3n) is 2.86. The molecule has 0 aliphatic carbocycles. The van der Waals surface area contributed by atoms with Crippen LogP contribution < -0.4 is 5.73 Å². The Hall–Kier alpha value is -0.0800. The fourth-order valence-electron chi connectivity index (χ4n) is 2.08. The van der Waals surface area contributed by atoms with E-state index in [1.807, 2.05) is 0 Å². The highest BCUT2D eigenvalue weighted by atomic mass is 15.2. The lowest BCUT2D eigenvalue weighted by Gasteiger charge is -2.40. The van der Waals surface area contributed by atoms with E-state index in [1.165, 1.54) is 25.9 Å². The Morgan fingerprint density at radius 1 is 1.38 bits per heavy atom. The first-order valence-corrected chi connectivity index (χ1v) is 5.40. The Morgan fingerprint density at radius 2 is 2.00 bits per heavy atom. The Labute approximate surface area is 82.5 Å². The monoisotopic (exact) mass is 184 g/mol. The molecule has 0 amide bonds. The number of hydrogen-bond acceptors (Lipinski definition) is 2. The van der Waals surface area contributed by atoms with E-state index in [-0.39, 0.29) is 0 Å². The van der Waals surface area contributed by atoms with Crippen LogP contribution in [0, 0.1) is 5.41 Å². The van der Waals surface area contributed by atoms with Gasteiger partial charge in [-0.3, -0.25) is 4.90 Å². The largest absolute Gasteiger partial charge is 0.326 e. The molecular weight excluding hydrogens is 160 g/mol. The molecule has 2 atom stereocenters. The van der Waals surface area contributed by atoms with Gasteiger partial charge in [0.2, 0.25) is 0 Å². The van der Waals surface area contributed by atoms with Gasteiger partial charge in [-0.2, -0.15) is 0 Å². The fraction of sp³-hybridized carbons (Fsp3) is 1.00. The molecular formula is C11H24N2. The van der Waals surface area contributed by atoms with E-state index < -0.39 is 0 Å². The van der Waals surface area contributed by atoms with Crippen LogP contribution in [0.3, 0.4) is 0 Å². The average molecular weight is 184 g/mol. The summed E-state index contributed by atoms with van der Waals surface area (Å²) in [5.74, 6) is 0. The number of rotatable bonds is 1. The molecule has 2 nitrogen and oxygen atoms in total. The van der Waals surface area contributed by atoms with Gasteiger partial charge >= 0.3 is 0 Å². The molecule has 1 fully saturated rings. The van der Waals surface area contributed by atoms with Gasteiger partial charge in [0.05, 0.1) is 0 Å². The quantitative estimate of drug-likeness (QED) is 0.674. The van der Waals surface area contributed by atoms with E-state index >= 15 is 0 Å². The summed E-state index contributed by atoms with van der Waals surface area (Å²) in [6.07, 6.45) is 2.46. The Morgan fingerprint density at radius 3 is 2.54 bits per heavy atom. The van der Waals surface area contributed by atoms with E-state index in [2.05, 4.69) is 32.6 Å². The normalized spacial score (nSPS) is 32.1. The van der Waals surface area contributed by atoms with Gasteiger partial charge in [-0.15, -0.1) is 0 Å². The maximum Gasteiger partial charge on any atom is 0.0219 e. The van der Waals surface area contributed by atoms with Crippen LogP contribution in [0.2, 0.25) is 0 Å². The van der Waals surface area contributed by atoms with Crippen LogP contribution in [0.15, 0.2) is 0 Å². The van der Waals surface area contributed by atoms with Crippen LogP contribution >= 0.6 is 0 Å². The highest BCUT2D eigenvalue weighted by Gasteiger charge is 2.27. The molecule has 1 aliphatic heterocycles. The van der Waals surface area contributed by atoms with Crippen molar-refractivity contribution in [2.45, 2.75) is 52.6 Å². The van der Waals surface area contributed by atoms with Crippen molar-refractivity contribution in [2.75, 3.05) is 13.1 Å². The lowest BCUT2D eigenvalue weighted by molar-refractivity contribution is 0.0987. The first kappa shape index (κ1) is 11.0. The number of nitrogens with two attached hydrogens (primary N) is 1. The Bertz CT molecular complexity index is 160. The van der Waals surface area contributed by atoms with Gasteiger partial charge in [0, 0.05) is 18.6 Å². The minimum atomic E-state index is 0.385. The molecule has 1 heterocycles. The van der Waals surface area contributed by atoms with E-state index in [0.29, 0.717) is 17.5 Å². The van der Waals surface area contributed by atoms with E-state index in [0.717, 1.165) is 0 Å². The summed E-state index contributed by atoms with van der Waals surface area (Å²) < 4.78 is 0. The van der Waals surface area contributed by atoms with Crippen LogP contribution in [-0.4, -0.2) is 30.1 Å². The lowest BCUT2D eigenvalue weighted by atomic mass is 9.91. The van der Waals surface area contributed by atoms with E-state index in [1.54, 1.807) is 0 Å². The summed E-state index contributed by atoms with van der Waals surface area (Å²) in [5, 5.41) is 0. The summed E-state index contributed by atoms with van der Waals surface area (Å²) in [6.45, 7) is 11.5. The summed E-state index contributed by atoms with van der Waals surface area (Å²) in [5.41, 5.74) is 6.44. The molecule has 1 rings (SSSR count).